The number of furan rings is 1. The molecule has 1 aromatic carbocycles. The number of nitro groups is 2. The lowest BCUT2D eigenvalue weighted by Gasteiger charge is -1.99. The maximum Gasteiger partial charge on any atom is 0.433 e. The molecule has 8 heteroatoms. The van der Waals surface area contributed by atoms with Gasteiger partial charge in [0.15, 0.2) is 12.4 Å². The highest BCUT2D eigenvalue weighted by atomic mass is 16.6. The first-order valence-electron chi connectivity index (χ1n) is 7.22. The molecule has 0 aliphatic heterocycles. The molecule has 0 amide bonds. The predicted octanol–water partition coefficient (Wildman–Crippen LogP) is 3.43. The lowest BCUT2D eigenvalue weighted by molar-refractivity contribution is -0.579. The van der Waals surface area contributed by atoms with Gasteiger partial charge in [-0.15, -0.1) is 0 Å². The van der Waals surface area contributed by atoms with Crippen LogP contribution in [0.5, 0.6) is 0 Å². The Bertz CT molecular complexity index is 946. The van der Waals surface area contributed by atoms with Crippen molar-refractivity contribution in [3.63, 3.8) is 0 Å². The molecule has 0 saturated heterocycles. The lowest BCUT2D eigenvalue weighted by Crippen LogP contribution is -2.31. The largest absolute Gasteiger partial charge is 0.433 e. The van der Waals surface area contributed by atoms with Crippen molar-refractivity contribution in [1.82, 2.24) is 0 Å². The maximum absolute atomic E-state index is 10.9. The molecule has 25 heavy (non-hydrogen) atoms. The molecule has 0 aliphatic carbocycles. The van der Waals surface area contributed by atoms with Crippen LogP contribution in [0, 0.1) is 20.2 Å². The summed E-state index contributed by atoms with van der Waals surface area (Å²) < 4.78 is 7.04. The zero-order chi connectivity index (χ0) is 17.8. The molecule has 0 unspecified atom stereocenters. The van der Waals surface area contributed by atoms with Crippen LogP contribution >= 0.6 is 0 Å². The molecule has 0 aliphatic rings. The molecule has 0 N–H and O–H groups in total. The number of rotatable bonds is 5. The summed E-state index contributed by atoms with van der Waals surface area (Å²) in [5.74, 6) is -0.0533. The normalized spacial score (nSPS) is 11.3. The molecule has 0 spiro atoms. The van der Waals surface area contributed by atoms with Crippen molar-refractivity contribution in [2.75, 3.05) is 0 Å². The number of pyridine rings is 1. The van der Waals surface area contributed by atoms with Crippen molar-refractivity contribution >= 4 is 23.3 Å². The van der Waals surface area contributed by atoms with E-state index in [9.17, 15) is 20.2 Å². The van der Waals surface area contributed by atoms with Crippen LogP contribution in [0.3, 0.4) is 0 Å². The van der Waals surface area contributed by atoms with E-state index in [-0.39, 0.29) is 11.6 Å². The number of aromatic nitrogens is 1. The number of hydrogen-bond donors (Lipinski definition) is 0. The van der Waals surface area contributed by atoms with Gasteiger partial charge < -0.3 is 4.42 Å². The predicted molar refractivity (Wildman–Crippen MR) is 88.4 cm³/mol. The summed E-state index contributed by atoms with van der Waals surface area (Å²) in [6, 6.07) is 14.2. The quantitative estimate of drug-likeness (QED) is 0.403. The van der Waals surface area contributed by atoms with Crippen LogP contribution in [0.1, 0.15) is 11.3 Å². The highest BCUT2D eigenvalue weighted by molar-refractivity contribution is 5.74. The van der Waals surface area contributed by atoms with Crippen LogP contribution in [0.2, 0.25) is 0 Å². The zero-order valence-electron chi connectivity index (χ0n) is 12.8. The van der Waals surface area contributed by atoms with E-state index in [4.69, 9.17) is 4.42 Å². The summed E-state index contributed by atoms with van der Waals surface area (Å²) in [7, 11) is 0. The number of benzene rings is 1. The van der Waals surface area contributed by atoms with Gasteiger partial charge >= 0.3 is 5.88 Å². The smallest absolute Gasteiger partial charge is 0.394 e. The van der Waals surface area contributed by atoms with Crippen LogP contribution in [-0.4, -0.2) is 9.85 Å². The Kier molecular flexibility index (Phi) is 4.34. The monoisotopic (exact) mass is 338 g/mol. The second-order valence-electron chi connectivity index (χ2n) is 5.06. The third kappa shape index (κ3) is 3.58. The Labute approximate surface area is 141 Å². The van der Waals surface area contributed by atoms with Gasteiger partial charge in [-0.1, -0.05) is 6.07 Å². The number of nitrogens with zero attached hydrogens (tertiary/aromatic N) is 3. The molecule has 3 rings (SSSR count). The fourth-order valence-corrected chi connectivity index (χ4v) is 2.25. The molecule has 0 saturated carbocycles. The van der Waals surface area contributed by atoms with E-state index in [0.29, 0.717) is 17.0 Å². The van der Waals surface area contributed by atoms with E-state index < -0.39 is 9.85 Å². The van der Waals surface area contributed by atoms with E-state index in [1.165, 1.54) is 24.3 Å². The van der Waals surface area contributed by atoms with Gasteiger partial charge in [0.2, 0.25) is 5.76 Å². The minimum atomic E-state index is -0.608. The van der Waals surface area contributed by atoms with E-state index >= 15 is 0 Å². The third-order valence-electron chi connectivity index (χ3n) is 3.43. The van der Waals surface area contributed by atoms with E-state index in [1.807, 2.05) is 6.07 Å². The van der Waals surface area contributed by atoms with Crippen molar-refractivity contribution in [3.8, 4) is 0 Å². The van der Waals surface area contributed by atoms with Gasteiger partial charge in [-0.25, -0.2) is 0 Å². The molecular formula is C17H12N3O5+. The summed E-state index contributed by atoms with van der Waals surface area (Å²) in [6.07, 6.45) is 5.27. The molecule has 0 radical (unpaired) electrons. The molecular weight excluding hydrogens is 326 g/mol. The standard InChI is InChI=1S/C17H12N3O5/c21-19(22)14-6-4-13(5-7-14)12-15(18-10-2-1-3-11-18)16-8-9-17(25-16)20(23)24/h1-12H/q+1. The summed E-state index contributed by atoms with van der Waals surface area (Å²) in [4.78, 5) is 20.5. The molecule has 2 aromatic heterocycles. The highest BCUT2D eigenvalue weighted by Crippen LogP contribution is 2.23. The van der Waals surface area contributed by atoms with Crippen LogP contribution in [-0.2, 0) is 0 Å². The SMILES string of the molecule is O=[N+]([O-])c1ccc(C=C(c2ccc([N+](=O)[O-])o2)[n+]2ccccc2)cc1. The van der Waals surface area contributed by atoms with Crippen LogP contribution < -0.4 is 4.57 Å². The first-order chi connectivity index (χ1) is 12.0. The summed E-state index contributed by atoms with van der Waals surface area (Å²) in [5, 5.41) is 21.6. The van der Waals surface area contributed by atoms with E-state index in [2.05, 4.69) is 0 Å². The van der Waals surface area contributed by atoms with Crippen molar-refractivity contribution in [2.45, 2.75) is 0 Å². The summed E-state index contributed by atoms with van der Waals surface area (Å²) in [5.41, 5.74) is 1.23. The maximum atomic E-state index is 10.9. The fraction of sp³-hybridized carbons (Fsp3) is 0. The summed E-state index contributed by atoms with van der Waals surface area (Å²) in [6.45, 7) is 0. The van der Waals surface area contributed by atoms with Gasteiger partial charge in [0.05, 0.1) is 11.0 Å². The van der Waals surface area contributed by atoms with Gasteiger partial charge in [0.1, 0.15) is 4.92 Å². The molecule has 0 bridgehead atoms. The Morgan fingerprint density at radius 1 is 0.920 bits per heavy atom. The second-order valence-corrected chi connectivity index (χ2v) is 5.06. The van der Waals surface area contributed by atoms with Crippen LogP contribution in [0.25, 0.3) is 11.8 Å². The zero-order valence-corrected chi connectivity index (χ0v) is 12.8. The Morgan fingerprint density at radius 3 is 2.16 bits per heavy atom. The Morgan fingerprint density at radius 2 is 1.60 bits per heavy atom. The van der Waals surface area contributed by atoms with Gasteiger partial charge in [-0.2, -0.15) is 4.57 Å². The highest BCUT2D eigenvalue weighted by Gasteiger charge is 2.21. The molecule has 0 fully saturated rings. The minimum Gasteiger partial charge on any atom is -0.394 e. The van der Waals surface area contributed by atoms with E-state index in [0.717, 1.165) is 0 Å². The van der Waals surface area contributed by atoms with Gasteiger partial charge in [0, 0.05) is 30.3 Å². The van der Waals surface area contributed by atoms with E-state index in [1.54, 1.807) is 47.3 Å². The Balaban J connectivity index is 2.07. The number of hydrogen-bond acceptors (Lipinski definition) is 5. The van der Waals surface area contributed by atoms with Crippen LogP contribution in [0.4, 0.5) is 11.6 Å². The summed E-state index contributed by atoms with van der Waals surface area (Å²) >= 11 is 0. The number of nitro benzene ring substituents is 1. The van der Waals surface area contributed by atoms with Crippen molar-refractivity contribution in [1.29, 1.82) is 0 Å². The third-order valence-corrected chi connectivity index (χ3v) is 3.43. The Hall–Kier alpha value is -3.81. The fourth-order valence-electron chi connectivity index (χ4n) is 2.25. The van der Waals surface area contributed by atoms with Gasteiger partial charge in [0.25, 0.3) is 11.4 Å². The van der Waals surface area contributed by atoms with Crippen molar-refractivity contribution < 1.29 is 18.8 Å². The van der Waals surface area contributed by atoms with Gasteiger partial charge in [-0.3, -0.25) is 20.2 Å². The molecule has 0 atom stereocenters. The topological polar surface area (TPSA) is 103 Å². The van der Waals surface area contributed by atoms with Crippen LogP contribution in [0.15, 0.2) is 71.4 Å². The molecule has 8 nitrogen and oxygen atoms in total. The first kappa shape index (κ1) is 16.1. The first-order valence-corrected chi connectivity index (χ1v) is 7.22. The lowest BCUT2D eigenvalue weighted by atomic mass is 10.1. The average Bonchev–Trinajstić information content (AvgIpc) is 3.11. The molecule has 124 valence electrons. The molecule has 3 aromatic rings. The molecule has 2 heterocycles. The second kappa shape index (κ2) is 6.75. The van der Waals surface area contributed by atoms with Crippen molar-refractivity contribution in [3.05, 3.63) is 98.5 Å². The minimum absolute atomic E-state index is 0.0142. The average molecular weight is 338 g/mol. The number of non-ortho nitro benzene ring substituents is 1. The van der Waals surface area contributed by atoms with Crippen molar-refractivity contribution in [2.24, 2.45) is 0 Å². The van der Waals surface area contributed by atoms with Gasteiger partial charge in [-0.05, 0) is 23.8 Å².